The van der Waals surface area contributed by atoms with Gasteiger partial charge in [-0.3, -0.25) is 0 Å². The molecule has 1 aromatic heterocycles. The van der Waals surface area contributed by atoms with Gasteiger partial charge in [-0.2, -0.15) is 4.98 Å². The van der Waals surface area contributed by atoms with Crippen LogP contribution in [0.25, 0.3) is 11.1 Å². The van der Waals surface area contributed by atoms with Crippen molar-refractivity contribution in [1.29, 1.82) is 0 Å². The molecular formula is C25H33N3O3. The average Bonchev–Trinajstić information content (AvgIpc) is 3.35. The van der Waals surface area contributed by atoms with Crippen molar-refractivity contribution in [3.8, 4) is 22.8 Å². The SMILES string of the molecule is CC1(C)Cc2cc(-c3cnc(N[C@H]4CC[C@@H](C)CC4)nc3O[C@@H]3CCOC3)ccc2O1. The summed E-state index contributed by atoms with van der Waals surface area (Å²) in [6.07, 6.45) is 8.56. The van der Waals surface area contributed by atoms with Crippen molar-refractivity contribution in [1.82, 2.24) is 9.97 Å². The van der Waals surface area contributed by atoms with Gasteiger partial charge in [-0.15, -0.1) is 0 Å². The van der Waals surface area contributed by atoms with Crippen LogP contribution in [0.5, 0.6) is 11.6 Å². The van der Waals surface area contributed by atoms with Crippen LogP contribution in [0, 0.1) is 5.92 Å². The molecule has 5 rings (SSSR count). The summed E-state index contributed by atoms with van der Waals surface area (Å²) in [5, 5.41) is 3.54. The van der Waals surface area contributed by atoms with Gasteiger partial charge in [-0.25, -0.2) is 4.98 Å². The lowest BCUT2D eigenvalue weighted by atomic mass is 9.87. The number of nitrogens with one attached hydrogen (secondary N) is 1. The number of benzene rings is 1. The summed E-state index contributed by atoms with van der Waals surface area (Å²) in [7, 11) is 0. The molecule has 1 aliphatic carbocycles. The maximum atomic E-state index is 6.32. The lowest BCUT2D eigenvalue weighted by molar-refractivity contribution is 0.138. The summed E-state index contributed by atoms with van der Waals surface area (Å²) < 4.78 is 17.9. The molecule has 1 atom stereocenters. The number of nitrogens with zero attached hydrogens (tertiary/aromatic N) is 2. The molecule has 0 unspecified atom stereocenters. The van der Waals surface area contributed by atoms with E-state index in [0.29, 0.717) is 24.5 Å². The molecule has 0 amide bonds. The largest absolute Gasteiger partial charge is 0.487 e. The predicted octanol–water partition coefficient (Wildman–Crippen LogP) is 5.02. The fourth-order valence-corrected chi connectivity index (χ4v) is 4.85. The summed E-state index contributed by atoms with van der Waals surface area (Å²) in [6, 6.07) is 6.75. The maximum Gasteiger partial charge on any atom is 0.226 e. The molecule has 2 aliphatic heterocycles. The summed E-state index contributed by atoms with van der Waals surface area (Å²) in [5.74, 6) is 3.07. The Morgan fingerprint density at radius 3 is 2.74 bits per heavy atom. The topological polar surface area (TPSA) is 65.5 Å². The van der Waals surface area contributed by atoms with Crippen molar-refractivity contribution in [2.75, 3.05) is 18.5 Å². The summed E-state index contributed by atoms with van der Waals surface area (Å²) in [5.41, 5.74) is 3.04. The molecule has 2 fully saturated rings. The van der Waals surface area contributed by atoms with Gasteiger partial charge >= 0.3 is 0 Å². The number of ether oxygens (including phenoxy) is 3. The Kier molecular flexibility index (Phi) is 5.51. The third-order valence-corrected chi connectivity index (χ3v) is 6.64. The van der Waals surface area contributed by atoms with Gasteiger partial charge in [0, 0.05) is 25.1 Å². The van der Waals surface area contributed by atoms with E-state index >= 15 is 0 Å². The van der Waals surface area contributed by atoms with Crippen LogP contribution in [0.4, 0.5) is 5.95 Å². The Labute approximate surface area is 184 Å². The number of fused-ring (bicyclic) bond motifs is 1. The Morgan fingerprint density at radius 1 is 1.13 bits per heavy atom. The minimum Gasteiger partial charge on any atom is -0.487 e. The molecule has 0 bridgehead atoms. The molecule has 1 aromatic carbocycles. The van der Waals surface area contributed by atoms with Crippen LogP contribution >= 0.6 is 0 Å². The Morgan fingerprint density at radius 2 is 1.97 bits per heavy atom. The van der Waals surface area contributed by atoms with E-state index in [0.717, 1.165) is 42.2 Å². The number of anilines is 1. The van der Waals surface area contributed by atoms with E-state index < -0.39 is 0 Å². The average molecular weight is 424 g/mol. The highest BCUT2D eigenvalue weighted by atomic mass is 16.5. The van der Waals surface area contributed by atoms with Crippen molar-refractivity contribution in [2.24, 2.45) is 5.92 Å². The van der Waals surface area contributed by atoms with Crippen LogP contribution in [0.15, 0.2) is 24.4 Å². The summed E-state index contributed by atoms with van der Waals surface area (Å²) in [6.45, 7) is 7.92. The van der Waals surface area contributed by atoms with Crippen LogP contribution in [-0.4, -0.2) is 40.9 Å². The van der Waals surface area contributed by atoms with Gasteiger partial charge in [0.25, 0.3) is 0 Å². The van der Waals surface area contributed by atoms with E-state index in [1.807, 2.05) is 6.20 Å². The molecule has 3 heterocycles. The predicted molar refractivity (Wildman–Crippen MR) is 121 cm³/mol. The molecule has 1 saturated carbocycles. The van der Waals surface area contributed by atoms with Crippen molar-refractivity contribution in [3.05, 3.63) is 30.0 Å². The number of hydrogen-bond donors (Lipinski definition) is 1. The zero-order valence-corrected chi connectivity index (χ0v) is 18.8. The first-order valence-corrected chi connectivity index (χ1v) is 11.7. The first kappa shape index (κ1) is 20.6. The molecular weight excluding hydrogens is 390 g/mol. The van der Waals surface area contributed by atoms with Crippen LogP contribution in [0.1, 0.15) is 58.4 Å². The van der Waals surface area contributed by atoms with E-state index in [2.05, 4.69) is 49.3 Å². The van der Waals surface area contributed by atoms with Crippen molar-refractivity contribution in [2.45, 2.75) is 77.0 Å². The number of rotatable bonds is 5. The first-order chi connectivity index (χ1) is 14.9. The Balaban J connectivity index is 1.42. The molecule has 1 N–H and O–H groups in total. The minimum absolute atomic E-state index is 0.0359. The highest BCUT2D eigenvalue weighted by Crippen LogP contribution is 2.39. The molecule has 1 saturated heterocycles. The zero-order chi connectivity index (χ0) is 21.4. The lowest BCUT2D eigenvalue weighted by Gasteiger charge is -2.27. The second kappa shape index (κ2) is 8.30. The van der Waals surface area contributed by atoms with Gasteiger partial charge in [-0.05, 0) is 68.7 Å². The molecule has 3 aliphatic rings. The maximum absolute atomic E-state index is 6.32. The quantitative estimate of drug-likeness (QED) is 0.729. The summed E-state index contributed by atoms with van der Waals surface area (Å²) in [4.78, 5) is 9.48. The zero-order valence-electron chi connectivity index (χ0n) is 18.8. The van der Waals surface area contributed by atoms with Crippen molar-refractivity contribution < 1.29 is 14.2 Å². The third kappa shape index (κ3) is 4.64. The van der Waals surface area contributed by atoms with E-state index in [9.17, 15) is 0 Å². The first-order valence-electron chi connectivity index (χ1n) is 11.7. The number of hydrogen-bond acceptors (Lipinski definition) is 6. The van der Waals surface area contributed by atoms with Gasteiger partial charge in [0.2, 0.25) is 11.8 Å². The molecule has 166 valence electrons. The monoisotopic (exact) mass is 423 g/mol. The van der Waals surface area contributed by atoms with Crippen LogP contribution < -0.4 is 14.8 Å². The van der Waals surface area contributed by atoms with E-state index in [-0.39, 0.29) is 11.7 Å². The van der Waals surface area contributed by atoms with Gasteiger partial charge < -0.3 is 19.5 Å². The second-order valence-corrected chi connectivity index (χ2v) is 9.98. The van der Waals surface area contributed by atoms with E-state index in [1.54, 1.807) is 0 Å². The standard InChI is InChI=1S/C25H33N3O3/c1-16-4-7-19(8-5-16)27-24-26-14-21(23(28-24)30-20-10-11-29-15-20)17-6-9-22-18(12-17)13-25(2,3)31-22/h6,9,12,14,16,19-20H,4-5,7-8,10-11,13,15H2,1-3H3,(H,26,27,28)/t16-,19+,20-/m1/s1. The normalized spacial score (nSPS) is 26.9. The second-order valence-electron chi connectivity index (χ2n) is 9.98. The van der Waals surface area contributed by atoms with Gasteiger partial charge in [0.15, 0.2) is 0 Å². The van der Waals surface area contributed by atoms with Crippen LogP contribution in [-0.2, 0) is 11.2 Å². The molecule has 31 heavy (non-hydrogen) atoms. The molecule has 0 radical (unpaired) electrons. The molecule has 0 spiro atoms. The minimum atomic E-state index is -0.163. The molecule has 6 nitrogen and oxygen atoms in total. The Hall–Kier alpha value is -2.34. The number of aromatic nitrogens is 2. The van der Waals surface area contributed by atoms with Gasteiger partial charge in [0.05, 0.1) is 18.8 Å². The fourth-order valence-electron chi connectivity index (χ4n) is 4.85. The lowest BCUT2D eigenvalue weighted by Crippen LogP contribution is -2.26. The van der Waals surface area contributed by atoms with Crippen molar-refractivity contribution >= 4 is 5.95 Å². The van der Waals surface area contributed by atoms with Crippen LogP contribution in [0.2, 0.25) is 0 Å². The molecule has 2 aromatic rings. The smallest absolute Gasteiger partial charge is 0.226 e. The van der Waals surface area contributed by atoms with Gasteiger partial charge in [0.1, 0.15) is 17.5 Å². The van der Waals surface area contributed by atoms with Crippen LogP contribution in [0.3, 0.4) is 0 Å². The molecule has 6 heteroatoms. The highest BCUT2D eigenvalue weighted by Gasteiger charge is 2.30. The van der Waals surface area contributed by atoms with Crippen molar-refractivity contribution in [3.63, 3.8) is 0 Å². The summed E-state index contributed by atoms with van der Waals surface area (Å²) >= 11 is 0. The third-order valence-electron chi connectivity index (χ3n) is 6.64. The van der Waals surface area contributed by atoms with Gasteiger partial charge in [-0.1, -0.05) is 13.0 Å². The van der Waals surface area contributed by atoms with E-state index in [4.69, 9.17) is 19.2 Å². The Bertz CT molecular complexity index is 932. The fraction of sp³-hybridized carbons (Fsp3) is 0.600. The van der Waals surface area contributed by atoms with E-state index in [1.165, 1.54) is 31.2 Å². The highest BCUT2D eigenvalue weighted by molar-refractivity contribution is 5.70.